The molecular formula is C17H12BrClN2OS. The maximum absolute atomic E-state index is 12.1. The molecule has 1 heterocycles. The fourth-order valence-corrected chi connectivity index (χ4v) is 3.60. The highest BCUT2D eigenvalue weighted by Crippen LogP contribution is 2.26. The molecule has 0 saturated carbocycles. The van der Waals surface area contributed by atoms with Crippen molar-refractivity contribution in [3.8, 4) is 10.6 Å². The number of hydrogen-bond acceptors (Lipinski definition) is 3. The van der Waals surface area contributed by atoms with Crippen molar-refractivity contribution in [3.05, 3.63) is 69.1 Å². The lowest BCUT2D eigenvalue weighted by atomic mass is 10.2. The van der Waals surface area contributed by atoms with Gasteiger partial charge in [-0.1, -0.05) is 57.9 Å². The number of benzene rings is 2. The van der Waals surface area contributed by atoms with E-state index in [-0.39, 0.29) is 12.3 Å². The number of aromatic nitrogens is 1. The average Bonchev–Trinajstić information content (AvgIpc) is 2.99. The fraction of sp³-hybridized carbons (Fsp3) is 0.0588. The van der Waals surface area contributed by atoms with Crippen LogP contribution in [0.2, 0.25) is 5.02 Å². The van der Waals surface area contributed by atoms with Gasteiger partial charge in [-0.3, -0.25) is 4.79 Å². The predicted molar refractivity (Wildman–Crippen MR) is 99.0 cm³/mol. The highest BCUT2D eigenvalue weighted by atomic mass is 79.9. The van der Waals surface area contributed by atoms with Crippen LogP contribution < -0.4 is 5.32 Å². The van der Waals surface area contributed by atoms with E-state index in [1.807, 2.05) is 41.8 Å². The van der Waals surface area contributed by atoms with Crippen LogP contribution in [-0.2, 0) is 11.2 Å². The van der Waals surface area contributed by atoms with Crippen molar-refractivity contribution >= 4 is 50.5 Å². The Labute approximate surface area is 151 Å². The second-order valence-corrected chi connectivity index (χ2v) is 7.04. The highest BCUT2D eigenvalue weighted by Gasteiger charge is 2.11. The summed E-state index contributed by atoms with van der Waals surface area (Å²) in [7, 11) is 0. The van der Waals surface area contributed by atoms with Crippen LogP contribution in [0.25, 0.3) is 10.6 Å². The lowest BCUT2D eigenvalue weighted by molar-refractivity contribution is -0.115. The van der Waals surface area contributed by atoms with Crippen molar-refractivity contribution in [2.24, 2.45) is 0 Å². The largest absolute Gasteiger partial charge is 0.324 e. The van der Waals surface area contributed by atoms with Gasteiger partial charge in [-0.25, -0.2) is 4.98 Å². The summed E-state index contributed by atoms with van der Waals surface area (Å²) in [6.07, 6.45) is 0.218. The summed E-state index contributed by atoms with van der Waals surface area (Å²) >= 11 is 11.0. The SMILES string of the molecule is O=C(Cc1csc(-c2ccccc2)n1)Nc1ccc(Br)cc1Cl. The van der Waals surface area contributed by atoms with Gasteiger partial charge in [-0.2, -0.15) is 0 Å². The number of halogens is 2. The zero-order chi connectivity index (χ0) is 16.2. The van der Waals surface area contributed by atoms with Crippen LogP contribution >= 0.6 is 38.9 Å². The van der Waals surface area contributed by atoms with Gasteiger partial charge >= 0.3 is 0 Å². The van der Waals surface area contributed by atoms with Crippen molar-refractivity contribution in [3.63, 3.8) is 0 Å². The molecule has 0 atom stereocenters. The Morgan fingerprint density at radius 3 is 2.74 bits per heavy atom. The quantitative estimate of drug-likeness (QED) is 0.628. The van der Waals surface area contributed by atoms with Crippen molar-refractivity contribution in [2.75, 3.05) is 5.32 Å². The minimum atomic E-state index is -0.140. The standard InChI is InChI=1S/C17H12BrClN2OS/c18-12-6-7-15(14(19)8-12)21-16(22)9-13-10-23-17(20-13)11-4-2-1-3-5-11/h1-8,10H,9H2,(H,21,22). The number of nitrogens with zero attached hydrogens (tertiary/aromatic N) is 1. The molecule has 0 aliphatic rings. The maximum Gasteiger partial charge on any atom is 0.230 e. The Kier molecular flexibility index (Phi) is 5.10. The number of carbonyl (C=O) groups is 1. The smallest absolute Gasteiger partial charge is 0.230 e. The van der Waals surface area contributed by atoms with Crippen molar-refractivity contribution in [1.82, 2.24) is 4.98 Å². The molecule has 1 aromatic heterocycles. The van der Waals surface area contributed by atoms with Gasteiger partial charge < -0.3 is 5.32 Å². The second-order valence-electron chi connectivity index (χ2n) is 4.86. The Morgan fingerprint density at radius 2 is 2.00 bits per heavy atom. The topological polar surface area (TPSA) is 42.0 Å². The molecule has 1 amide bonds. The van der Waals surface area contributed by atoms with Crippen molar-refractivity contribution in [1.29, 1.82) is 0 Å². The zero-order valence-electron chi connectivity index (χ0n) is 11.9. The van der Waals surface area contributed by atoms with Gasteiger partial charge in [-0.05, 0) is 18.2 Å². The molecule has 0 spiro atoms. The van der Waals surface area contributed by atoms with Crippen LogP contribution in [0.5, 0.6) is 0 Å². The molecule has 116 valence electrons. The summed E-state index contributed by atoms with van der Waals surface area (Å²) < 4.78 is 0.868. The van der Waals surface area contributed by atoms with Gasteiger partial charge in [0, 0.05) is 15.4 Å². The summed E-state index contributed by atoms with van der Waals surface area (Å²) in [5.41, 5.74) is 2.40. The summed E-state index contributed by atoms with van der Waals surface area (Å²) in [4.78, 5) is 16.7. The molecule has 1 N–H and O–H groups in total. The van der Waals surface area contributed by atoms with Gasteiger partial charge in [0.15, 0.2) is 0 Å². The minimum absolute atomic E-state index is 0.140. The van der Waals surface area contributed by atoms with E-state index in [9.17, 15) is 4.79 Å². The third-order valence-electron chi connectivity index (χ3n) is 3.12. The molecule has 0 aliphatic carbocycles. The number of rotatable bonds is 4. The Hall–Kier alpha value is -1.69. The molecule has 0 fully saturated rings. The van der Waals surface area contributed by atoms with Crippen LogP contribution in [0.15, 0.2) is 58.4 Å². The van der Waals surface area contributed by atoms with Gasteiger partial charge in [0.05, 0.1) is 22.8 Å². The number of anilines is 1. The first-order valence-electron chi connectivity index (χ1n) is 6.86. The number of amides is 1. The fourth-order valence-electron chi connectivity index (χ4n) is 2.05. The molecule has 2 aromatic carbocycles. The molecule has 3 rings (SSSR count). The molecule has 0 radical (unpaired) electrons. The van der Waals surface area contributed by atoms with Crippen LogP contribution in [-0.4, -0.2) is 10.9 Å². The molecule has 0 saturated heterocycles. The second kappa shape index (κ2) is 7.25. The minimum Gasteiger partial charge on any atom is -0.324 e. The van der Waals surface area contributed by atoms with E-state index in [1.165, 1.54) is 11.3 Å². The highest BCUT2D eigenvalue weighted by molar-refractivity contribution is 9.10. The zero-order valence-corrected chi connectivity index (χ0v) is 15.1. The van der Waals surface area contributed by atoms with E-state index in [1.54, 1.807) is 12.1 Å². The Balaban J connectivity index is 1.68. The van der Waals surface area contributed by atoms with Crippen LogP contribution in [0.1, 0.15) is 5.69 Å². The number of carbonyl (C=O) groups excluding carboxylic acids is 1. The third-order valence-corrected chi connectivity index (χ3v) is 4.87. The van der Waals surface area contributed by atoms with E-state index in [4.69, 9.17) is 11.6 Å². The van der Waals surface area contributed by atoms with Crippen LogP contribution in [0.4, 0.5) is 5.69 Å². The summed E-state index contributed by atoms with van der Waals surface area (Å²) in [6, 6.07) is 15.3. The monoisotopic (exact) mass is 406 g/mol. The summed E-state index contributed by atoms with van der Waals surface area (Å²) in [6.45, 7) is 0. The summed E-state index contributed by atoms with van der Waals surface area (Å²) in [5.74, 6) is -0.140. The van der Waals surface area contributed by atoms with E-state index in [0.29, 0.717) is 10.7 Å². The maximum atomic E-state index is 12.1. The molecule has 0 unspecified atom stereocenters. The van der Waals surface area contributed by atoms with Gasteiger partial charge in [-0.15, -0.1) is 11.3 Å². The third kappa shape index (κ3) is 4.19. The first-order valence-corrected chi connectivity index (χ1v) is 8.91. The Bertz CT molecular complexity index is 836. The Morgan fingerprint density at radius 1 is 1.22 bits per heavy atom. The van der Waals surface area contributed by atoms with Crippen LogP contribution in [0.3, 0.4) is 0 Å². The number of thiazole rings is 1. The average molecular weight is 408 g/mol. The molecule has 6 heteroatoms. The van der Waals surface area contributed by atoms with E-state index >= 15 is 0 Å². The van der Waals surface area contributed by atoms with Gasteiger partial charge in [0.1, 0.15) is 5.01 Å². The number of nitrogens with one attached hydrogen (secondary N) is 1. The van der Waals surface area contributed by atoms with Crippen molar-refractivity contribution < 1.29 is 4.79 Å². The van der Waals surface area contributed by atoms with Crippen LogP contribution in [0, 0.1) is 0 Å². The molecule has 3 aromatic rings. The molecular weight excluding hydrogens is 396 g/mol. The molecule has 23 heavy (non-hydrogen) atoms. The molecule has 0 aliphatic heterocycles. The van der Waals surface area contributed by atoms with E-state index in [2.05, 4.69) is 26.2 Å². The molecule has 0 bridgehead atoms. The number of hydrogen-bond donors (Lipinski definition) is 1. The molecule has 3 nitrogen and oxygen atoms in total. The first kappa shape index (κ1) is 16.2. The normalized spacial score (nSPS) is 10.5. The van der Waals surface area contributed by atoms with Gasteiger partial charge in [0.2, 0.25) is 5.91 Å². The lowest BCUT2D eigenvalue weighted by Crippen LogP contribution is -2.14. The van der Waals surface area contributed by atoms with E-state index in [0.717, 1.165) is 20.7 Å². The van der Waals surface area contributed by atoms with Gasteiger partial charge in [0.25, 0.3) is 0 Å². The predicted octanol–water partition coefficient (Wildman–Crippen LogP) is 5.41. The summed E-state index contributed by atoms with van der Waals surface area (Å²) in [5, 5.41) is 6.12. The lowest BCUT2D eigenvalue weighted by Gasteiger charge is -2.06. The van der Waals surface area contributed by atoms with E-state index < -0.39 is 0 Å². The first-order chi connectivity index (χ1) is 11.1. The van der Waals surface area contributed by atoms with Crippen molar-refractivity contribution in [2.45, 2.75) is 6.42 Å².